The molecule has 59 heavy (non-hydrogen) atoms. The van der Waals surface area contributed by atoms with Gasteiger partial charge in [0.2, 0.25) is 5.91 Å². The van der Waals surface area contributed by atoms with Crippen molar-refractivity contribution in [2.24, 2.45) is 34.8 Å². The lowest BCUT2D eigenvalue weighted by molar-refractivity contribution is -0.120. The number of hydrogen-bond donors (Lipinski definition) is 12. The van der Waals surface area contributed by atoms with Gasteiger partial charge < -0.3 is 73.7 Å². The van der Waals surface area contributed by atoms with Crippen molar-refractivity contribution in [3.8, 4) is 0 Å². The molecule has 9 atom stereocenters. The van der Waals surface area contributed by atoms with Gasteiger partial charge >= 0.3 is 0 Å². The van der Waals surface area contributed by atoms with E-state index in [-0.39, 0.29) is 55.4 Å². The van der Waals surface area contributed by atoms with Crippen LogP contribution in [0.5, 0.6) is 0 Å². The van der Waals surface area contributed by atoms with Gasteiger partial charge in [0.1, 0.15) is 6.67 Å². The molecule has 2 aliphatic carbocycles. The molecule has 0 spiro atoms. The average molecular weight is 855 g/mol. The molecule has 4 aliphatic rings. The third-order valence-electron chi connectivity index (χ3n) is 10.2. The molecule has 16 heteroatoms. The Kier molecular flexibility index (Phi) is 45.0. The Balaban J connectivity index is -0.000000662. The number of alkyl halides is 1. The fraction of sp³-hybridized carbons (Fsp3) is 0.884. The summed E-state index contributed by atoms with van der Waals surface area (Å²) in [6.07, 6.45) is 19.3. The number of aliphatic hydroxyl groups excluding tert-OH is 6. The first-order valence-corrected chi connectivity index (χ1v) is 22.2. The summed E-state index contributed by atoms with van der Waals surface area (Å²) >= 11 is 0. The summed E-state index contributed by atoms with van der Waals surface area (Å²) in [7, 11) is 2.62. The van der Waals surface area contributed by atoms with E-state index in [4.69, 9.17) is 47.7 Å². The minimum Gasteiger partial charge on any atom is -0.400 e. The van der Waals surface area contributed by atoms with E-state index in [1.165, 1.54) is 50.5 Å². The fourth-order valence-electron chi connectivity index (χ4n) is 6.48. The van der Waals surface area contributed by atoms with E-state index in [0.717, 1.165) is 45.3 Å². The number of ether oxygens (including phenoxy) is 2. The van der Waals surface area contributed by atoms with Crippen LogP contribution < -0.4 is 33.6 Å². The SMILES string of the molecule is CC.CCC(N)[C@@H](C)C(O)C(O)CN.CNC(=O)CCCN.CO.NC1CC(O)COC1CC1CCCCC1.OC1CCC(CF)O1.OCCNCCC1=CCCC=C1. The Labute approximate surface area is 356 Å². The molecule has 0 aromatic carbocycles. The summed E-state index contributed by atoms with van der Waals surface area (Å²) in [6, 6.07) is -0.0446. The molecule has 8 unspecified atom stereocenters. The molecule has 0 bridgehead atoms. The highest BCUT2D eigenvalue weighted by Gasteiger charge is 2.30. The Morgan fingerprint density at radius 2 is 1.69 bits per heavy atom. The first kappa shape index (κ1) is 61.7. The lowest BCUT2D eigenvalue weighted by Crippen LogP contribution is -2.47. The summed E-state index contributed by atoms with van der Waals surface area (Å²) < 4.78 is 22.0. The number of allylic oxidation sites excluding steroid dienone is 3. The predicted molar refractivity (Wildman–Crippen MR) is 237 cm³/mol. The van der Waals surface area contributed by atoms with Gasteiger partial charge in [-0.05, 0) is 76.3 Å². The molecule has 1 saturated carbocycles. The number of amides is 1. The normalized spacial score (nSPS) is 24.2. The van der Waals surface area contributed by atoms with Gasteiger partial charge in [-0.1, -0.05) is 83.6 Å². The van der Waals surface area contributed by atoms with E-state index in [0.29, 0.717) is 45.4 Å². The van der Waals surface area contributed by atoms with Gasteiger partial charge in [-0.3, -0.25) is 4.79 Å². The molecule has 3 fully saturated rings. The second kappa shape index (κ2) is 43.0. The lowest BCUT2D eigenvalue weighted by atomic mass is 9.83. The number of nitrogens with one attached hydrogen (secondary N) is 2. The lowest BCUT2D eigenvalue weighted by Gasteiger charge is -2.35. The van der Waals surface area contributed by atoms with Crippen molar-refractivity contribution >= 4 is 5.91 Å². The molecule has 15 nitrogen and oxygen atoms in total. The number of carbonyl (C=O) groups excluding carboxylic acids is 1. The van der Waals surface area contributed by atoms with Crippen LogP contribution in [0, 0.1) is 11.8 Å². The van der Waals surface area contributed by atoms with Crippen molar-refractivity contribution in [1.29, 1.82) is 0 Å². The number of nitrogens with two attached hydrogens (primary N) is 4. The van der Waals surface area contributed by atoms with Crippen molar-refractivity contribution < 1.29 is 49.3 Å². The Bertz CT molecular complexity index is 970. The zero-order chi connectivity index (χ0) is 45.4. The number of hydrogen-bond acceptors (Lipinski definition) is 14. The third-order valence-corrected chi connectivity index (χ3v) is 10.2. The van der Waals surface area contributed by atoms with Crippen LogP contribution in [0.2, 0.25) is 0 Å². The Hall–Kier alpha value is -1.64. The number of rotatable bonds is 16. The average Bonchev–Trinajstić information content (AvgIpc) is 3.72. The second-order valence-electron chi connectivity index (χ2n) is 14.9. The molecule has 2 heterocycles. The van der Waals surface area contributed by atoms with Gasteiger partial charge in [-0.15, -0.1) is 0 Å². The topological polar surface area (TPSA) is 285 Å². The van der Waals surface area contributed by atoms with E-state index >= 15 is 0 Å². The van der Waals surface area contributed by atoms with Crippen LogP contribution in [0.3, 0.4) is 0 Å². The standard InChI is InChI=1S/C12H23NO2.C10H17NO.C8H20N2O2.C5H9FO2.C5H12N2O.C2H6.CH4O/c13-11-7-10(14)8-15-12(11)6-9-4-2-1-3-5-9;12-9-8-11-7-6-10-4-2-1-3-5-10;1-3-6(10)5(2)8(12)7(11)4-9;6-3-4-1-2-5(7)8-4;1-7-5(8)3-2-4-6;2*1-2/h9-12,14H,1-8,13H2;2,4-5,11-12H,1,3,6-9H2;5-8,11-12H,3-4,9-10H2,1-2H3;4-5,7H,1-3H2;2-4,6H2,1H3,(H,7,8);1-2H3;2H,1H3/t;;5-,6?,7?,8?;;;;/m..1..../s1. The van der Waals surface area contributed by atoms with Gasteiger partial charge in [0.25, 0.3) is 0 Å². The smallest absolute Gasteiger partial charge is 0.219 e. The summed E-state index contributed by atoms with van der Waals surface area (Å²) in [4.78, 5) is 10.4. The van der Waals surface area contributed by atoms with Crippen LogP contribution in [-0.4, -0.2) is 146 Å². The van der Waals surface area contributed by atoms with Crippen molar-refractivity contribution in [3.05, 3.63) is 23.8 Å². The number of carbonyl (C=O) groups is 1. The predicted octanol–water partition coefficient (Wildman–Crippen LogP) is 2.27. The first-order chi connectivity index (χ1) is 28.4. The van der Waals surface area contributed by atoms with Crippen LogP contribution in [0.1, 0.15) is 124 Å². The monoisotopic (exact) mass is 855 g/mol. The fourth-order valence-corrected chi connectivity index (χ4v) is 6.48. The van der Waals surface area contributed by atoms with Gasteiger partial charge in [-0.2, -0.15) is 0 Å². The number of halogens is 1. The molecule has 4 rings (SSSR count). The molecule has 0 radical (unpaired) electrons. The van der Waals surface area contributed by atoms with Crippen LogP contribution in [0.4, 0.5) is 4.39 Å². The van der Waals surface area contributed by atoms with Crippen LogP contribution in [0.15, 0.2) is 23.8 Å². The molecule has 2 saturated heterocycles. The number of aliphatic hydroxyl groups is 6. The Morgan fingerprint density at radius 1 is 1.03 bits per heavy atom. The van der Waals surface area contributed by atoms with E-state index in [1.807, 2.05) is 27.7 Å². The molecule has 354 valence electrons. The van der Waals surface area contributed by atoms with Crippen molar-refractivity contribution in [2.75, 3.05) is 60.2 Å². The zero-order valence-electron chi connectivity index (χ0n) is 37.7. The van der Waals surface area contributed by atoms with E-state index in [9.17, 15) is 24.5 Å². The highest BCUT2D eigenvalue weighted by atomic mass is 19.1. The molecule has 0 aromatic heterocycles. The van der Waals surface area contributed by atoms with E-state index in [1.54, 1.807) is 7.05 Å². The maximum Gasteiger partial charge on any atom is 0.219 e. The highest BCUT2D eigenvalue weighted by molar-refractivity contribution is 5.75. The maximum absolute atomic E-state index is 11.6. The summed E-state index contributed by atoms with van der Waals surface area (Å²) in [5.74, 6) is 0.758. The molecule has 0 aromatic rings. The molecule has 2 aliphatic heterocycles. The molecular weight excluding hydrogens is 764 g/mol. The van der Waals surface area contributed by atoms with Crippen molar-refractivity contribution in [1.82, 2.24) is 10.6 Å². The van der Waals surface area contributed by atoms with Crippen molar-refractivity contribution in [3.63, 3.8) is 0 Å². The maximum atomic E-state index is 11.6. The quantitative estimate of drug-likeness (QED) is 0.0993. The largest absolute Gasteiger partial charge is 0.400 e. The van der Waals surface area contributed by atoms with Crippen LogP contribution in [-0.2, 0) is 14.3 Å². The molecule has 1 amide bonds. The zero-order valence-corrected chi connectivity index (χ0v) is 37.7. The summed E-state index contributed by atoms with van der Waals surface area (Å²) in [5.41, 5.74) is 23.5. The van der Waals surface area contributed by atoms with Crippen LogP contribution in [0.25, 0.3) is 0 Å². The minimum absolute atomic E-state index is 0.0377. The van der Waals surface area contributed by atoms with Gasteiger partial charge in [-0.25, -0.2) is 4.39 Å². The van der Waals surface area contributed by atoms with E-state index in [2.05, 4.69) is 28.9 Å². The van der Waals surface area contributed by atoms with Gasteiger partial charge in [0.15, 0.2) is 6.29 Å². The molecular formula is C43H91FN6O9. The van der Waals surface area contributed by atoms with E-state index < -0.39 is 25.2 Å². The van der Waals surface area contributed by atoms with Gasteiger partial charge in [0.05, 0.1) is 43.7 Å². The minimum atomic E-state index is -0.863. The third kappa shape index (κ3) is 33.6. The first-order valence-electron chi connectivity index (χ1n) is 22.2. The van der Waals surface area contributed by atoms with Crippen molar-refractivity contribution in [2.45, 2.75) is 173 Å². The van der Waals surface area contributed by atoms with Gasteiger partial charge in [0, 0.05) is 52.2 Å². The molecule has 16 N–H and O–H groups in total. The Morgan fingerprint density at radius 3 is 2.15 bits per heavy atom. The summed E-state index contributed by atoms with van der Waals surface area (Å²) in [5, 5.41) is 57.9. The van der Waals surface area contributed by atoms with Crippen LogP contribution >= 0.6 is 0 Å². The summed E-state index contributed by atoms with van der Waals surface area (Å²) in [6.45, 7) is 10.3. The second-order valence-corrected chi connectivity index (χ2v) is 14.9. The highest BCUT2D eigenvalue weighted by Crippen LogP contribution is 2.30.